The average Bonchev–Trinajstić information content (AvgIpc) is 3.17. The Bertz CT molecular complexity index is 1000. The standard InChI is InChI=1S/C46H80Cl2O10/c1-38(39(45(53)54)30-22-18-14-10-6-2-4-8-12-16-20-28-36-57-43(51)34-26-24-32-41(47)49)40(46(55)56)31-23-19-15-11-7-3-5-9-13-17-21-29-37-58-44(52)35-27-25-33-42(48)50/h38-40H,2-37H2,1H3,(H,53,54)(H,55,56). The van der Waals surface area contributed by atoms with Gasteiger partial charge in [-0.1, -0.05) is 148 Å². The number of carboxylic acids is 2. The minimum absolute atomic E-state index is 0.204. The molecule has 2 atom stereocenters. The first kappa shape index (κ1) is 55.8. The number of carbonyl (C=O) groups excluding carboxylic acids is 4. The van der Waals surface area contributed by atoms with Crippen LogP contribution in [0, 0.1) is 17.8 Å². The number of carboxylic acid groups (broad SMARTS) is 2. The van der Waals surface area contributed by atoms with Crippen molar-refractivity contribution in [1.29, 1.82) is 0 Å². The predicted octanol–water partition coefficient (Wildman–Crippen LogP) is 12.9. The highest BCUT2D eigenvalue weighted by molar-refractivity contribution is 6.63. The molecule has 0 aliphatic carbocycles. The third-order valence-electron chi connectivity index (χ3n) is 11.3. The molecule has 10 nitrogen and oxygen atoms in total. The lowest BCUT2D eigenvalue weighted by atomic mass is 9.78. The average molecular weight is 864 g/mol. The van der Waals surface area contributed by atoms with E-state index in [1.165, 1.54) is 64.2 Å². The third-order valence-corrected chi connectivity index (χ3v) is 11.6. The van der Waals surface area contributed by atoms with Crippen LogP contribution in [0.15, 0.2) is 0 Å². The van der Waals surface area contributed by atoms with E-state index in [0.29, 0.717) is 77.4 Å². The van der Waals surface area contributed by atoms with E-state index in [2.05, 4.69) is 0 Å². The SMILES string of the molecule is CC(C(CCCCCCCCCCCCCCOC(=O)CCCCC(=O)Cl)C(=O)O)C(CCCCCCCCCCCCCCOC(=O)CCCCC(=O)Cl)C(=O)O. The predicted molar refractivity (Wildman–Crippen MR) is 232 cm³/mol. The van der Waals surface area contributed by atoms with Crippen LogP contribution in [-0.2, 0) is 38.2 Å². The molecule has 0 heterocycles. The van der Waals surface area contributed by atoms with Crippen molar-refractivity contribution in [1.82, 2.24) is 0 Å². The molecule has 0 aliphatic rings. The summed E-state index contributed by atoms with van der Waals surface area (Å²) in [5.41, 5.74) is 0. The van der Waals surface area contributed by atoms with Gasteiger partial charge >= 0.3 is 23.9 Å². The number of unbranched alkanes of at least 4 members (excludes halogenated alkanes) is 24. The zero-order valence-corrected chi connectivity index (χ0v) is 37.6. The maximum Gasteiger partial charge on any atom is 0.306 e. The van der Waals surface area contributed by atoms with Crippen molar-refractivity contribution in [3.05, 3.63) is 0 Å². The number of hydrogen-bond donors (Lipinski definition) is 2. The van der Waals surface area contributed by atoms with E-state index >= 15 is 0 Å². The van der Waals surface area contributed by atoms with Crippen LogP contribution < -0.4 is 0 Å². The lowest BCUT2D eigenvalue weighted by Crippen LogP contribution is -2.32. The molecule has 0 aromatic rings. The van der Waals surface area contributed by atoms with Gasteiger partial charge in [0.1, 0.15) is 0 Å². The van der Waals surface area contributed by atoms with Gasteiger partial charge in [0.25, 0.3) is 0 Å². The fraction of sp³-hybridized carbons (Fsp3) is 0.870. The second-order valence-electron chi connectivity index (χ2n) is 16.4. The molecule has 338 valence electrons. The van der Waals surface area contributed by atoms with Gasteiger partial charge in [0, 0.05) is 25.7 Å². The fourth-order valence-corrected chi connectivity index (χ4v) is 7.82. The molecule has 12 heteroatoms. The molecule has 0 radical (unpaired) electrons. The summed E-state index contributed by atoms with van der Waals surface area (Å²) in [5.74, 6) is -3.80. The van der Waals surface area contributed by atoms with Crippen LogP contribution in [0.25, 0.3) is 0 Å². The lowest BCUT2D eigenvalue weighted by Gasteiger charge is -2.26. The van der Waals surface area contributed by atoms with Gasteiger partial charge in [-0.3, -0.25) is 28.8 Å². The van der Waals surface area contributed by atoms with Crippen LogP contribution >= 0.6 is 23.2 Å². The minimum atomic E-state index is -0.875. The van der Waals surface area contributed by atoms with Gasteiger partial charge in [-0.15, -0.1) is 0 Å². The highest BCUT2D eigenvalue weighted by Gasteiger charge is 2.34. The highest BCUT2D eigenvalue weighted by Crippen LogP contribution is 2.30. The van der Waals surface area contributed by atoms with E-state index in [0.717, 1.165) is 89.9 Å². The summed E-state index contributed by atoms with van der Waals surface area (Å²) in [6.07, 6.45) is 31.0. The first-order chi connectivity index (χ1) is 28.0. The number of esters is 2. The molecule has 0 saturated heterocycles. The maximum absolute atomic E-state index is 12.1. The molecular weight excluding hydrogens is 783 g/mol. The van der Waals surface area contributed by atoms with Gasteiger partial charge in [0.2, 0.25) is 10.5 Å². The van der Waals surface area contributed by atoms with E-state index in [-0.39, 0.29) is 22.4 Å². The molecular formula is C46H80Cl2O10. The lowest BCUT2D eigenvalue weighted by molar-refractivity contribution is -0.150. The van der Waals surface area contributed by atoms with Crippen LogP contribution in [0.5, 0.6) is 0 Å². The van der Waals surface area contributed by atoms with Crippen molar-refractivity contribution >= 4 is 57.6 Å². The fourth-order valence-electron chi connectivity index (χ4n) is 7.55. The van der Waals surface area contributed by atoms with Gasteiger partial charge in [-0.25, -0.2) is 0 Å². The first-order valence-electron chi connectivity index (χ1n) is 23.1. The van der Waals surface area contributed by atoms with Crippen LogP contribution in [0.2, 0.25) is 0 Å². The zero-order chi connectivity index (χ0) is 43.1. The number of ether oxygens (including phenoxy) is 2. The van der Waals surface area contributed by atoms with Gasteiger partial charge in [0.05, 0.1) is 25.0 Å². The Labute approximate surface area is 361 Å². The van der Waals surface area contributed by atoms with E-state index in [9.17, 15) is 39.0 Å². The van der Waals surface area contributed by atoms with Crippen LogP contribution in [0.4, 0.5) is 0 Å². The second-order valence-corrected chi connectivity index (χ2v) is 17.2. The Morgan fingerprint density at radius 2 is 0.621 bits per heavy atom. The van der Waals surface area contributed by atoms with E-state index in [1.807, 2.05) is 6.92 Å². The number of carbonyl (C=O) groups is 6. The minimum Gasteiger partial charge on any atom is -0.481 e. The Morgan fingerprint density at radius 1 is 0.379 bits per heavy atom. The number of halogens is 2. The number of rotatable bonds is 44. The van der Waals surface area contributed by atoms with Crippen LogP contribution in [0.1, 0.15) is 225 Å². The Hall–Kier alpha value is -2.20. The topological polar surface area (TPSA) is 161 Å². The van der Waals surface area contributed by atoms with Gasteiger partial charge < -0.3 is 19.7 Å². The van der Waals surface area contributed by atoms with E-state index in [4.69, 9.17) is 32.7 Å². The van der Waals surface area contributed by atoms with Crippen molar-refractivity contribution in [2.45, 2.75) is 225 Å². The molecule has 0 amide bonds. The summed E-state index contributed by atoms with van der Waals surface area (Å²) in [4.78, 5) is 69.1. The van der Waals surface area contributed by atoms with Crippen LogP contribution in [-0.4, -0.2) is 57.8 Å². The molecule has 0 aromatic heterocycles. The summed E-state index contributed by atoms with van der Waals surface area (Å²) in [7, 11) is 0. The largest absolute Gasteiger partial charge is 0.481 e. The molecule has 2 N–H and O–H groups in total. The summed E-state index contributed by atoms with van der Waals surface area (Å²) in [6, 6.07) is 0. The molecule has 2 unspecified atom stereocenters. The maximum atomic E-state index is 12.1. The summed E-state index contributed by atoms with van der Waals surface area (Å²) < 4.78 is 10.5. The van der Waals surface area contributed by atoms with Crippen molar-refractivity contribution in [3.63, 3.8) is 0 Å². The van der Waals surface area contributed by atoms with Gasteiger partial charge in [-0.05, 0) is 80.5 Å². The van der Waals surface area contributed by atoms with E-state index < -0.39 is 29.7 Å². The highest BCUT2D eigenvalue weighted by atomic mass is 35.5. The molecule has 0 aliphatic heterocycles. The zero-order valence-electron chi connectivity index (χ0n) is 36.1. The monoisotopic (exact) mass is 863 g/mol. The Morgan fingerprint density at radius 3 is 0.879 bits per heavy atom. The van der Waals surface area contributed by atoms with Crippen molar-refractivity contribution in [2.75, 3.05) is 13.2 Å². The first-order valence-corrected chi connectivity index (χ1v) is 23.8. The number of aliphatic carboxylic acids is 2. The Balaban J connectivity index is 3.82. The smallest absolute Gasteiger partial charge is 0.306 e. The van der Waals surface area contributed by atoms with Crippen LogP contribution in [0.3, 0.4) is 0 Å². The normalized spacial score (nSPS) is 12.8. The molecule has 0 aromatic carbocycles. The summed E-state index contributed by atoms with van der Waals surface area (Å²) in [5, 5.41) is 19.2. The third kappa shape index (κ3) is 36.8. The molecule has 58 heavy (non-hydrogen) atoms. The molecule has 0 fully saturated rings. The van der Waals surface area contributed by atoms with Crippen molar-refractivity contribution in [3.8, 4) is 0 Å². The molecule has 0 rings (SSSR count). The Kier molecular flexibility index (Phi) is 38.7. The van der Waals surface area contributed by atoms with E-state index in [1.54, 1.807) is 0 Å². The quantitative estimate of drug-likeness (QED) is 0.0342. The molecule has 0 spiro atoms. The van der Waals surface area contributed by atoms with Crippen molar-refractivity contribution < 1.29 is 48.5 Å². The van der Waals surface area contributed by atoms with Crippen molar-refractivity contribution in [2.24, 2.45) is 17.8 Å². The summed E-state index contributed by atoms with van der Waals surface area (Å²) in [6.45, 7) is 2.74. The second kappa shape index (κ2) is 40.2. The number of hydrogen-bond acceptors (Lipinski definition) is 8. The van der Waals surface area contributed by atoms with Gasteiger partial charge in [-0.2, -0.15) is 0 Å². The van der Waals surface area contributed by atoms with Gasteiger partial charge in [0.15, 0.2) is 0 Å². The summed E-state index contributed by atoms with van der Waals surface area (Å²) >= 11 is 10.6. The molecule has 0 bridgehead atoms. The molecule has 0 saturated carbocycles.